The fourth-order valence-corrected chi connectivity index (χ4v) is 2.94. The lowest BCUT2D eigenvalue weighted by Gasteiger charge is -2.27. The Morgan fingerprint density at radius 1 is 1.44 bits per heavy atom. The van der Waals surface area contributed by atoms with Gasteiger partial charge in [0.05, 0.1) is 6.04 Å². The second-order valence-electron chi connectivity index (χ2n) is 4.33. The van der Waals surface area contributed by atoms with Crippen LogP contribution in [0.3, 0.4) is 0 Å². The Morgan fingerprint density at radius 2 is 2.12 bits per heavy atom. The molecule has 16 heavy (non-hydrogen) atoms. The van der Waals surface area contributed by atoms with Gasteiger partial charge in [-0.1, -0.05) is 26.7 Å². The Kier molecular flexibility index (Phi) is 6.21. The predicted molar refractivity (Wildman–Crippen MR) is 70.6 cm³/mol. The van der Waals surface area contributed by atoms with E-state index in [1.807, 2.05) is 16.7 Å². The molecule has 4 heteroatoms. The fraction of sp³-hybridized carbons (Fsp3) is 0.917. The third kappa shape index (κ3) is 3.67. The zero-order valence-corrected chi connectivity index (χ0v) is 11.5. The minimum atomic E-state index is 0.0549. The van der Waals surface area contributed by atoms with Crippen molar-refractivity contribution >= 4 is 17.7 Å². The summed E-state index contributed by atoms with van der Waals surface area (Å²) in [6.07, 6.45) is 2.32. The van der Waals surface area contributed by atoms with Crippen LogP contribution < -0.4 is 5.32 Å². The van der Waals surface area contributed by atoms with Gasteiger partial charge < -0.3 is 4.90 Å². The molecule has 0 spiro atoms. The van der Waals surface area contributed by atoms with Gasteiger partial charge in [0.25, 0.3) is 0 Å². The van der Waals surface area contributed by atoms with Crippen molar-refractivity contribution in [2.75, 3.05) is 24.7 Å². The molecule has 1 fully saturated rings. The minimum Gasteiger partial charge on any atom is -0.341 e. The van der Waals surface area contributed by atoms with Crippen molar-refractivity contribution in [3.63, 3.8) is 0 Å². The van der Waals surface area contributed by atoms with Gasteiger partial charge in [-0.2, -0.15) is 0 Å². The highest BCUT2D eigenvalue weighted by Gasteiger charge is 2.27. The number of amides is 1. The zero-order chi connectivity index (χ0) is 12.0. The molecule has 1 saturated heterocycles. The van der Waals surface area contributed by atoms with Gasteiger partial charge in [-0.15, -0.1) is 11.8 Å². The molecule has 1 amide bonds. The molecular formula is C12H24N2OS. The molecule has 1 heterocycles. The van der Waals surface area contributed by atoms with E-state index in [4.69, 9.17) is 0 Å². The maximum Gasteiger partial charge on any atom is 0.240 e. The first kappa shape index (κ1) is 13.8. The van der Waals surface area contributed by atoms with Gasteiger partial charge in [0.1, 0.15) is 0 Å². The average molecular weight is 244 g/mol. The summed E-state index contributed by atoms with van der Waals surface area (Å²) in [6, 6.07) is 0.0549. The molecule has 0 aromatic rings. The molecule has 1 atom stereocenters. The molecule has 3 nitrogen and oxygen atoms in total. The first-order valence-corrected chi connectivity index (χ1v) is 7.48. The molecule has 1 N–H and O–H groups in total. The van der Waals surface area contributed by atoms with E-state index in [0.29, 0.717) is 11.8 Å². The molecule has 0 saturated carbocycles. The number of rotatable bonds is 6. The largest absolute Gasteiger partial charge is 0.341 e. The van der Waals surface area contributed by atoms with E-state index in [-0.39, 0.29) is 6.04 Å². The lowest BCUT2D eigenvalue weighted by Crippen LogP contribution is -2.46. The predicted octanol–water partition coefficient (Wildman–Crippen LogP) is 1.93. The maximum absolute atomic E-state index is 12.2. The highest BCUT2D eigenvalue weighted by Crippen LogP contribution is 2.15. The van der Waals surface area contributed by atoms with Crippen molar-refractivity contribution in [2.45, 2.75) is 39.7 Å². The van der Waals surface area contributed by atoms with Crippen LogP contribution in [0.5, 0.6) is 0 Å². The van der Waals surface area contributed by atoms with Gasteiger partial charge in [0, 0.05) is 24.7 Å². The monoisotopic (exact) mass is 244 g/mol. The van der Waals surface area contributed by atoms with Crippen molar-refractivity contribution < 1.29 is 4.79 Å². The van der Waals surface area contributed by atoms with E-state index in [1.165, 1.54) is 0 Å². The van der Waals surface area contributed by atoms with E-state index in [9.17, 15) is 4.79 Å². The first-order valence-electron chi connectivity index (χ1n) is 6.32. The number of thioether (sulfide) groups is 1. The van der Waals surface area contributed by atoms with Crippen LogP contribution in [0.25, 0.3) is 0 Å². The van der Waals surface area contributed by atoms with Crippen molar-refractivity contribution in [1.29, 1.82) is 0 Å². The lowest BCUT2D eigenvalue weighted by molar-refractivity contribution is -0.133. The second-order valence-corrected chi connectivity index (χ2v) is 5.36. The summed E-state index contributed by atoms with van der Waals surface area (Å²) >= 11 is 1.81. The van der Waals surface area contributed by atoms with E-state index in [0.717, 1.165) is 37.6 Å². The second kappa shape index (κ2) is 7.17. The number of carbonyl (C=O) groups excluding carboxylic acids is 1. The van der Waals surface area contributed by atoms with Crippen LogP contribution in [-0.4, -0.2) is 41.6 Å². The Hall–Kier alpha value is -0.220. The number of carbonyl (C=O) groups is 1. The van der Waals surface area contributed by atoms with Gasteiger partial charge in [-0.3, -0.25) is 10.1 Å². The molecule has 0 aromatic carbocycles. The number of hydrogen-bond acceptors (Lipinski definition) is 3. The third-order valence-electron chi connectivity index (χ3n) is 3.34. The van der Waals surface area contributed by atoms with Crippen molar-refractivity contribution in [3.05, 3.63) is 0 Å². The Balaban J connectivity index is 2.48. The summed E-state index contributed by atoms with van der Waals surface area (Å²) in [5.74, 6) is 2.79. The minimum absolute atomic E-state index is 0.0549. The topological polar surface area (TPSA) is 32.3 Å². The summed E-state index contributed by atoms with van der Waals surface area (Å²) in [7, 11) is 0. The van der Waals surface area contributed by atoms with Gasteiger partial charge in [0.15, 0.2) is 0 Å². The molecular weight excluding hydrogens is 220 g/mol. The molecule has 1 aliphatic rings. The van der Waals surface area contributed by atoms with E-state index in [2.05, 4.69) is 26.1 Å². The summed E-state index contributed by atoms with van der Waals surface area (Å²) < 4.78 is 0. The van der Waals surface area contributed by atoms with Gasteiger partial charge >= 0.3 is 0 Å². The fourth-order valence-electron chi connectivity index (χ4n) is 2.01. The van der Waals surface area contributed by atoms with Crippen LogP contribution in [0.4, 0.5) is 0 Å². The van der Waals surface area contributed by atoms with Crippen LogP contribution in [-0.2, 0) is 4.79 Å². The van der Waals surface area contributed by atoms with E-state index < -0.39 is 0 Å². The molecule has 1 unspecified atom stereocenters. The number of nitrogens with one attached hydrogen (secondary N) is 1. The Bertz CT molecular complexity index is 213. The quantitative estimate of drug-likeness (QED) is 0.775. The SMILES string of the molecule is CCC(CC)CN(CC)C(=O)C1CSCN1. The number of hydrogen-bond donors (Lipinski definition) is 1. The maximum atomic E-state index is 12.2. The lowest BCUT2D eigenvalue weighted by atomic mass is 10.0. The summed E-state index contributed by atoms with van der Waals surface area (Å²) in [5, 5.41) is 3.25. The van der Waals surface area contributed by atoms with Crippen LogP contribution in [0.15, 0.2) is 0 Å². The van der Waals surface area contributed by atoms with Crippen LogP contribution in [0.2, 0.25) is 0 Å². The Morgan fingerprint density at radius 3 is 2.56 bits per heavy atom. The first-order chi connectivity index (χ1) is 7.72. The van der Waals surface area contributed by atoms with Crippen molar-refractivity contribution in [3.8, 4) is 0 Å². The Labute approximate surface area is 103 Å². The summed E-state index contributed by atoms with van der Waals surface area (Å²) in [4.78, 5) is 14.2. The molecule has 0 bridgehead atoms. The summed E-state index contributed by atoms with van der Waals surface area (Å²) in [6.45, 7) is 8.23. The van der Waals surface area contributed by atoms with Crippen molar-refractivity contribution in [2.24, 2.45) is 5.92 Å². The van der Waals surface area contributed by atoms with Gasteiger partial charge in [0.2, 0.25) is 5.91 Å². The molecule has 94 valence electrons. The number of likely N-dealkylation sites (N-methyl/N-ethyl adjacent to an activating group) is 1. The van der Waals surface area contributed by atoms with Gasteiger partial charge in [-0.25, -0.2) is 0 Å². The van der Waals surface area contributed by atoms with Crippen LogP contribution in [0.1, 0.15) is 33.6 Å². The zero-order valence-electron chi connectivity index (χ0n) is 10.7. The van der Waals surface area contributed by atoms with Crippen LogP contribution >= 0.6 is 11.8 Å². The molecule has 0 aromatic heterocycles. The standard InChI is InChI=1S/C12H24N2OS/c1-4-10(5-2)7-14(6-3)12(15)11-8-16-9-13-11/h10-11,13H,4-9H2,1-3H3. The molecule has 0 aliphatic carbocycles. The molecule has 0 radical (unpaired) electrons. The number of nitrogens with zero attached hydrogens (tertiary/aromatic N) is 1. The highest BCUT2D eigenvalue weighted by molar-refractivity contribution is 7.99. The van der Waals surface area contributed by atoms with E-state index in [1.54, 1.807) is 0 Å². The normalized spacial score (nSPS) is 20.4. The summed E-state index contributed by atoms with van der Waals surface area (Å²) in [5.41, 5.74) is 0. The van der Waals surface area contributed by atoms with Crippen LogP contribution in [0, 0.1) is 5.92 Å². The van der Waals surface area contributed by atoms with Gasteiger partial charge in [-0.05, 0) is 12.8 Å². The molecule has 1 rings (SSSR count). The third-order valence-corrected chi connectivity index (χ3v) is 4.28. The highest BCUT2D eigenvalue weighted by atomic mass is 32.2. The average Bonchev–Trinajstić information content (AvgIpc) is 2.83. The van der Waals surface area contributed by atoms with Crippen molar-refractivity contribution in [1.82, 2.24) is 10.2 Å². The van der Waals surface area contributed by atoms with E-state index >= 15 is 0 Å². The molecule has 1 aliphatic heterocycles. The smallest absolute Gasteiger partial charge is 0.240 e.